The molecule has 28 heavy (non-hydrogen) atoms. The van der Waals surface area contributed by atoms with Crippen LogP contribution in [-0.2, 0) is 6.54 Å². The fraction of sp³-hybridized carbons (Fsp3) is 0.360. The molecule has 1 atom stereocenters. The van der Waals surface area contributed by atoms with E-state index in [1.165, 1.54) is 16.7 Å². The van der Waals surface area contributed by atoms with Crippen molar-refractivity contribution in [1.29, 1.82) is 0 Å². The van der Waals surface area contributed by atoms with Crippen molar-refractivity contribution in [2.24, 2.45) is 0 Å². The zero-order chi connectivity index (χ0) is 20.0. The van der Waals surface area contributed by atoms with Crippen molar-refractivity contribution in [3.63, 3.8) is 0 Å². The van der Waals surface area contributed by atoms with Crippen LogP contribution in [0.15, 0.2) is 71.3 Å². The molecule has 1 aromatic heterocycles. The van der Waals surface area contributed by atoms with Crippen molar-refractivity contribution in [2.75, 3.05) is 6.54 Å². The summed E-state index contributed by atoms with van der Waals surface area (Å²) >= 11 is 0. The topological polar surface area (TPSA) is 34.4 Å². The van der Waals surface area contributed by atoms with E-state index >= 15 is 0 Å². The minimum atomic E-state index is -0.170. The van der Waals surface area contributed by atoms with Crippen molar-refractivity contribution in [2.45, 2.75) is 52.2 Å². The first-order valence-corrected chi connectivity index (χ1v) is 9.99. The predicted molar refractivity (Wildman–Crippen MR) is 115 cm³/mol. The summed E-state index contributed by atoms with van der Waals surface area (Å²) in [6.07, 6.45) is 2.74. The van der Waals surface area contributed by atoms with Crippen LogP contribution in [0.3, 0.4) is 0 Å². The van der Waals surface area contributed by atoms with Gasteiger partial charge in [-0.1, -0.05) is 42.0 Å². The molecular formula is C25H31NO2. The zero-order valence-electron chi connectivity index (χ0n) is 17.4. The molecule has 0 saturated carbocycles. The highest BCUT2D eigenvalue weighted by molar-refractivity contribution is 5.30. The average molecular weight is 378 g/mol. The van der Waals surface area contributed by atoms with E-state index in [4.69, 9.17) is 9.15 Å². The molecule has 0 saturated heterocycles. The maximum absolute atomic E-state index is 5.88. The molecule has 3 rings (SSSR count). The molecule has 3 aromatic rings. The highest BCUT2D eigenvalue weighted by Crippen LogP contribution is 2.28. The van der Waals surface area contributed by atoms with Gasteiger partial charge in [0.2, 0.25) is 0 Å². The molecule has 0 aliphatic carbocycles. The van der Waals surface area contributed by atoms with Crippen LogP contribution in [0.2, 0.25) is 0 Å². The van der Waals surface area contributed by atoms with E-state index in [1.54, 1.807) is 6.26 Å². The van der Waals surface area contributed by atoms with Crippen molar-refractivity contribution in [3.05, 3.63) is 89.4 Å². The number of rotatable bonds is 8. The van der Waals surface area contributed by atoms with E-state index in [-0.39, 0.29) is 11.5 Å². The van der Waals surface area contributed by atoms with E-state index < -0.39 is 0 Å². The summed E-state index contributed by atoms with van der Waals surface area (Å²) in [6.45, 7) is 10.1. The van der Waals surface area contributed by atoms with Crippen LogP contribution in [0.25, 0.3) is 0 Å². The lowest BCUT2D eigenvalue weighted by molar-refractivity contribution is 0.131. The molecule has 1 heterocycles. The van der Waals surface area contributed by atoms with Crippen molar-refractivity contribution >= 4 is 0 Å². The van der Waals surface area contributed by atoms with Gasteiger partial charge in [0.25, 0.3) is 0 Å². The van der Waals surface area contributed by atoms with Gasteiger partial charge in [-0.25, -0.2) is 0 Å². The summed E-state index contributed by atoms with van der Waals surface area (Å²) in [7, 11) is 0. The standard InChI is InChI=1S/C25H31NO2/c1-19-7-11-21(12-8-19)23(24-6-5-17-27-24)15-16-26-18-20-9-13-22(14-10-20)28-25(2,3)4/h5-14,17,23,26H,15-16,18H2,1-4H3. The Kier molecular flexibility index (Phi) is 6.58. The van der Waals surface area contributed by atoms with Crippen molar-refractivity contribution in [1.82, 2.24) is 5.32 Å². The summed E-state index contributed by atoms with van der Waals surface area (Å²) in [5.74, 6) is 2.20. The second-order valence-corrected chi connectivity index (χ2v) is 8.30. The number of nitrogens with one attached hydrogen (secondary N) is 1. The van der Waals surface area contributed by atoms with Gasteiger partial charge in [0.05, 0.1) is 6.26 Å². The van der Waals surface area contributed by atoms with Gasteiger partial charge in [0, 0.05) is 12.5 Å². The third-order valence-electron chi connectivity index (χ3n) is 4.65. The maximum Gasteiger partial charge on any atom is 0.120 e. The van der Waals surface area contributed by atoms with Crippen LogP contribution >= 0.6 is 0 Å². The zero-order valence-corrected chi connectivity index (χ0v) is 17.4. The van der Waals surface area contributed by atoms with Gasteiger partial charge in [0.15, 0.2) is 0 Å². The first-order chi connectivity index (χ1) is 13.4. The van der Waals surface area contributed by atoms with Crippen LogP contribution in [0.4, 0.5) is 0 Å². The summed E-state index contributed by atoms with van der Waals surface area (Å²) in [5.41, 5.74) is 3.66. The predicted octanol–water partition coefficient (Wildman–Crippen LogP) is 6.08. The van der Waals surface area contributed by atoms with E-state index in [0.29, 0.717) is 0 Å². The van der Waals surface area contributed by atoms with Crippen molar-refractivity contribution < 1.29 is 9.15 Å². The Hall–Kier alpha value is -2.52. The molecule has 1 N–H and O–H groups in total. The Labute approximate surface area is 168 Å². The molecule has 0 aliphatic rings. The summed E-state index contributed by atoms with van der Waals surface area (Å²) in [4.78, 5) is 0. The third kappa shape index (κ3) is 6.00. The Morgan fingerprint density at radius 1 is 0.964 bits per heavy atom. The molecule has 0 amide bonds. The van der Waals surface area contributed by atoms with Crippen LogP contribution in [0.1, 0.15) is 55.6 Å². The molecule has 0 fully saturated rings. The van der Waals surface area contributed by atoms with Gasteiger partial charge in [-0.2, -0.15) is 0 Å². The van der Waals surface area contributed by atoms with Crippen LogP contribution in [-0.4, -0.2) is 12.1 Å². The number of ether oxygens (including phenoxy) is 1. The molecule has 3 nitrogen and oxygen atoms in total. The lowest BCUT2D eigenvalue weighted by Gasteiger charge is -2.21. The number of hydrogen-bond acceptors (Lipinski definition) is 3. The average Bonchev–Trinajstić information content (AvgIpc) is 3.17. The monoisotopic (exact) mass is 377 g/mol. The molecule has 0 aliphatic heterocycles. The Balaban J connectivity index is 1.54. The summed E-state index contributed by atoms with van der Waals surface area (Å²) in [6, 6.07) is 21.1. The number of furan rings is 1. The normalized spacial score (nSPS) is 12.7. The molecule has 0 spiro atoms. The maximum atomic E-state index is 5.88. The third-order valence-corrected chi connectivity index (χ3v) is 4.65. The molecule has 0 bridgehead atoms. The van der Waals surface area contributed by atoms with Crippen LogP contribution < -0.4 is 10.1 Å². The van der Waals surface area contributed by atoms with Gasteiger partial charge in [0.1, 0.15) is 17.1 Å². The van der Waals surface area contributed by atoms with Gasteiger partial charge < -0.3 is 14.5 Å². The largest absolute Gasteiger partial charge is 0.488 e. The number of hydrogen-bond donors (Lipinski definition) is 1. The number of benzene rings is 2. The summed E-state index contributed by atoms with van der Waals surface area (Å²) in [5, 5.41) is 3.56. The van der Waals surface area contributed by atoms with E-state index in [2.05, 4.69) is 75.5 Å². The second-order valence-electron chi connectivity index (χ2n) is 8.30. The minimum Gasteiger partial charge on any atom is -0.488 e. The van der Waals surface area contributed by atoms with Crippen molar-refractivity contribution in [3.8, 4) is 5.75 Å². The van der Waals surface area contributed by atoms with E-state index in [9.17, 15) is 0 Å². The van der Waals surface area contributed by atoms with Crippen LogP contribution in [0, 0.1) is 6.92 Å². The molecule has 0 radical (unpaired) electrons. The molecule has 3 heteroatoms. The molecule has 148 valence electrons. The fourth-order valence-corrected chi connectivity index (χ4v) is 3.27. The highest BCUT2D eigenvalue weighted by atomic mass is 16.5. The van der Waals surface area contributed by atoms with Gasteiger partial charge >= 0.3 is 0 Å². The van der Waals surface area contributed by atoms with Gasteiger partial charge in [-0.3, -0.25) is 0 Å². The fourth-order valence-electron chi connectivity index (χ4n) is 3.27. The van der Waals surface area contributed by atoms with Gasteiger partial charge in [-0.05, 0) is 76.1 Å². The SMILES string of the molecule is Cc1ccc(C(CCNCc2ccc(OC(C)(C)C)cc2)c2ccco2)cc1. The lowest BCUT2D eigenvalue weighted by atomic mass is 9.92. The molecule has 1 unspecified atom stereocenters. The summed E-state index contributed by atoms with van der Waals surface area (Å²) < 4.78 is 11.6. The lowest BCUT2D eigenvalue weighted by Crippen LogP contribution is -2.23. The number of aryl methyl sites for hydroxylation is 1. The highest BCUT2D eigenvalue weighted by Gasteiger charge is 2.16. The molecular weight excluding hydrogens is 346 g/mol. The van der Waals surface area contributed by atoms with Gasteiger partial charge in [-0.15, -0.1) is 0 Å². The quantitative estimate of drug-likeness (QED) is 0.483. The Bertz CT molecular complexity index is 828. The first kappa shape index (κ1) is 20.2. The van der Waals surface area contributed by atoms with E-state index in [1.807, 2.05) is 18.2 Å². The second kappa shape index (κ2) is 9.11. The van der Waals surface area contributed by atoms with E-state index in [0.717, 1.165) is 31.0 Å². The smallest absolute Gasteiger partial charge is 0.120 e. The first-order valence-electron chi connectivity index (χ1n) is 9.99. The Morgan fingerprint density at radius 2 is 1.68 bits per heavy atom. The minimum absolute atomic E-state index is 0.170. The van der Waals surface area contributed by atoms with Crippen LogP contribution in [0.5, 0.6) is 5.75 Å². The Morgan fingerprint density at radius 3 is 2.29 bits per heavy atom. The molecule has 2 aromatic carbocycles.